The van der Waals surface area contributed by atoms with Crippen LogP contribution in [0.5, 0.6) is 28.7 Å². The van der Waals surface area contributed by atoms with Gasteiger partial charge >= 0.3 is 18.9 Å². The van der Waals surface area contributed by atoms with Gasteiger partial charge in [0.2, 0.25) is 5.91 Å². The summed E-state index contributed by atoms with van der Waals surface area (Å²) in [5.41, 5.74) is 2.38. The first-order chi connectivity index (χ1) is 43.0. The molecule has 25 heteroatoms. The minimum atomic E-state index is -3.81. The number of amides is 3. The Balaban J connectivity index is 0.588. The van der Waals surface area contributed by atoms with Gasteiger partial charge in [-0.1, -0.05) is 43.2 Å². The maximum absolute atomic E-state index is 14.1. The third-order valence-electron chi connectivity index (χ3n) is 15.8. The molecular formula is C64H71F4N3O17S. The van der Waals surface area contributed by atoms with E-state index >= 15 is 0 Å². The van der Waals surface area contributed by atoms with E-state index in [0.717, 1.165) is 31.2 Å². The minimum absolute atomic E-state index is 0.136. The molecule has 20 nitrogen and oxygen atoms in total. The van der Waals surface area contributed by atoms with Gasteiger partial charge in [-0.15, -0.1) is 8.78 Å². The lowest BCUT2D eigenvalue weighted by Crippen LogP contribution is -2.39. The normalized spacial score (nSPS) is 19.4. The number of benzene rings is 5. The predicted molar refractivity (Wildman–Crippen MR) is 313 cm³/mol. The van der Waals surface area contributed by atoms with Crippen molar-refractivity contribution in [2.45, 2.75) is 104 Å². The van der Waals surface area contributed by atoms with Crippen molar-refractivity contribution in [1.82, 2.24) is 16.0 Å². The number of alkyl halides is 4. The molecule has 2 aliphatic heterocycles. The van der Waals surface area contributed by atoms with Crippen LogP contribution in [0.3, 0.4) is 0 Å². The SMILES string of the molecule is O=C=S(=O)(c1ccc(C(=O)NCC(=O)O)cc1)C1CCCCC(c2ccc(OCCOCCOCCOCCOCCOCCNC(=O)c3ccc([C@H]4C[C@@H](NC(=O)C5(c6ccc7c(c6)OC(F)(F)O7)CC5)c5ccc(OC(F)F)cc5O4)cc3)cc2)CC1. The number of fused-ring (bicyclic) bond motifs is 2. The van der Waals surface area contributed by atoms with Gasteiger partial charge < -0.3 is 68.4 Å². The van der Waals surface area contributed by atoms with Crippen LogP contribution in [0.25, 0.3) is 0 Å². The van der Waals surface area contributed by atoms with Crippen molar-refractivity contribution in [3.8, 4) is 28.7 Å². The van der Waals surface area contributed by atoms with Crippen molar-refractivity contribution in [1.29, 1.82) is 0 Å². The fraction of sp³-hybridized carbons (Fsp3) is 0.453. The topological polar surface area (TPSA) is 251 Å². The average molecular weight is 1260 g/mol. The third-order valence-corrected chi connectivity index (χ3v) is 18.4. The molecule has 9 rings (SSSR count). The molecule has 3 amide bonds. The summed E-state index contributed by atoms with van der Waals surface area (Å²) in [6, 6.07) is 28.4. The standard InChI is InChI=1S/C64H71F4N3O17S/c65-62(66)85-49-17-21-52-53(71-61(77)63(23-24-63)47-14-22-54-57(37-47)88-64(67,68)87-54)39-55(86-56(52)38-49)44-5-7-45(8-6-44)59(75)69-25-26-79-27-28-80-29-30-81-31-32-82-33-34-83-35-36-84-48-15-9-43(10-16-48)42-3-1-2-4-50(18-11-42)89(78,41-72)51-19-12-46(13-20-51)60(76)70-40-58(73)74/h5-10,12-17,19-22,37-38,42,50,53,55,62H,1-4,11,18,23-36,39-40H2,(H,69,75)(H,70,76)(H,71,77)(H,73,74)/t42?,50?,53-,55-,89?/m1/s1. The fourth-order valence-corrected chi connectivity index (χ4v) is 13.1. The Morgan fingerprint density at radius 2 is 1.22 bits per heavy atom. The van der Waals surface area contributed by atoms with Gasteiger partial charge in [0.25, 0.3) is 11.8 Å². The van der Waals surface area contributed by atoms with Gasteiger partial charge in [0, 0.05) is 45.9 Å². The maximum atomic E-state index is 14.1. The number of hydrogen-bond donors (Lipinski definition) is 4. The van der Waals surface area contributed by atoms with Crippen LogP contribution in [-0.2, 0) is 53.0 Å². The van der Waals surface area contributed by atoms with Crippen LogP contribution < -0.4 is 39.6 Å². The van der Waals surface area contributed by atoms with Gasteiger partial charge in [-0.3, -0.25) is 23.4 Å². The van der Waals surface area contributed by atoms with E-state index in [2.05, 4.69) is 30.2 Å². The third kappa shape index (κ3) is 18.0. The highest BCUT2D eigenvalue weighted by molar-refractivity contribution is 8.01. The average Bonchev–Trinajstić information content (AvgIpc) is 1.82. The molecule has 2 heterocycles. The van der Waals surface area contributed by atoms with Crippen LogP contribution in [0.15, 0.2) is 114 Å². The van der Waals surface area contributed by atoms with Crippen molar-refractivity contribution in [3.63, 3.8) is 0 Å². The molecule has 0 aromatic heterocycles. The van der Waals surface area contributed by atoms with Crippen LogP contribution in [-0.4, -0.2) is 142 Å². The highest BCUT2D eigenvalue weighted by Gasteiger charge is 2.53. The Hall–Kier alpha value is -7.77. The highest BCUT2D eigenvalue weighted by atomic mass is 32.2. The second-order valence-corrected chi connectivity index (χ2v) is 24.2. The molecule has 4 N–H and O–H groups in total. The Kier molecular flexibility index (Phi) is 23.0. The Bertz CT molecular complexity index is 3360. The van der Waals surface area contributed by atoms with Crippen molar-refractivity contribution < 1.29 is 98.2 Å². The number of hydrogen-bond acceptors (Lipinski definition) is 16. The summed E-state index contributed by atoms with van der Waals surface area (Å²) >= 11 is 0. The predicted octanol–water partition coefficient (Wildman–Crippen LogP) is 8.95. The van der Waals surface area contributed by atoms with Gasteiger partial charge in [0.15, 0.2) is 16.7 Å². The molecule has 2 aliphatic carbocycles. The van der Waals surface area contributed by atoms with Gasteiger partial charge in [-0.2, -0.15) is 8.78 Å². The summed E-state index contributed by atoms with van der Waals surface area (Å²) in [6.07, 6.45) is 1.29. The van der Waals surface area contributed by atoms with Gasteiger partial charge in [-0.25, -0.2) is 4.79 Å². The molecule has 2 saturated carbocycles. The summed E-state index contributed by atoms with van der Waals surface area (Å²) in [7, 11) is -3.19. The lowest BCUT2D eigenvalue weighted by atomic mass is 9.86. The van der Waals surface area contributed by atoms with E-state index in [1.165, 1.54) is 48.5 Å². The molecule has 2 fully saturated rings. The van der Waals surface area contributed by atoms with E-state index in [0.29, 0.717) is 125 Å². The van der Waals surface area contributed by atoms with Crippen LogP contribution in [0.1, 0.15) is 119 Å². The fourth-order valence-electron chi connectivity index (χ4n) is 11.0. The molecule has 5 aromatic carbocycles. The summed E-state index contributed by atoms with van der Waals surface area (Å²) in [5.74, 6) is -1.75. The number of carbonyl (C=O) groups is 4. The van der Waals surface area contributed by atoms with Crippen LogP contribution >= 0.6 is 0 Å². The summed E-state index contributed by atoms with van der Waals surface area (Å²) in [6.45, 7) is 0.487. The molecule has 478 valence electrons. The molecular weight excluding hydrogens is 1190 g/mol. The van der Waals surface area contributed by atoms with Crippen LogP contribution in [0, 0.1) is 0 Å². The summed E-state index contributed by atoms with van der Waals surface area (Å²) < 4.78 is 122. The van der Waals surface area contributed by atoms with Crippen molar-refractivity contribution in [2.75, 3.05) is 85.8 Å². The lowest BCUT2D eigenvalue weighted by Gasteiger charge is -2.34. The van der Waals surface area contributed by atoms with E-state index in [-0.39, 0.29) is 65.9 Å². The number of nitrogens with one attached hydrogen (secondary N) is 3. The number of aliphatic carboxylic acids is 1. The minimum Gasteiger partial charge on any atom is -0.491 e. The zero-order valence-electron chi connectivity index (χ0n) is 48.7. The number of carboxylic acids is 1. The number of ether oxygens (including phenoxy) is 10. The van der Waals surface area contributed by atoms with E-state index < -0.39 is 63.7 Å². The first-order valence-corrected chi connectivity index (χ1v) is 31.1. The molecule has 4 aliphatic rings. The van der Waals surface area contributed by atoms with E-state index in [1.807, 2.05) is 29.5 Å². The van der Waals surface area contributed by atoms with E-state index in [4.69, 9.17) is 38.3 Å². The first-order valence-electron chi connectivity index (χ1n) is 29.5. The smallest absolute Gasteiger partial charge is 0.491 e. The molecule has 0 saturated heterocycles. The van der Waals surface area contributed by atoms with Crippen LogP contribution in [0.2, 0.25) is 0 Å². The van der Waals surface area contributed by atoms with Gasteiger partial charge in [0.05, 0.1) is 87.0 Å². The second kappa shape index (κ2) is 31.1. The number of rotatable bonds is 32. The van der Waals surface area contributed by atoms with Crippen molar-refractivity contribution >= 4 is 38.4 Å². The highest BCUT2D eigenvalue weighted by Crippen LogP contribution is 2.53. The quantitative estimate of drug-likeness (QED) is 0.0178. The molecule has 89 heavy (non-hydrogen) atoms. The number of halogens is 4. The Morgan fingerprint density at radius 1 is 0.640 bits per heavy atom. The molecule has 3 unspecified atom stereocenters. The second-order valence-electron chi connectivity index (χ2n) is 21.7. The zero-order chi connectivity index (χ0) is 62.8. The van der Waals surface area contributed by atoms with Gasteiger partial charge in [-0.05, 0) is 134 Å². The largest absolute Gasteiger partial charge is 0.586 e. The van der Waals surface area contributed by atoms with Crippen LogP contribution in [0.4, 0.5) is 17.6 Å². The molecule has 0 radical (unpaired) electrons. The van der Waals surface area contributed by atoms with Crippen molar-refractivity contribution in [2.24, 2.45) is 0 Å². The monoisotopic (exact) mass is 1260 g/mol. The Labute approximate surface area is 512 Å². The number of carbonyl (C=O) groups excluding carboxylic acids is 4. The number of carboxylic acid groups (broad SMARTS) is 1. The van der Waals surface area contributed by atoms with Gasteiger partial charge in [0.1, 0.15) is 36.5 Å². The maximum Gasteiger partial charge on any atom is 0.586 e. The van der Waals surface area contributed by atoms with Crippen molar-refractivity contribution in [3.05, 3.63) is 143 Å². The first kappa shape index (κ1) is 65.7. The molecule has 5 atom stereocenters. The summed E-state index contributed by atoms with van der Waals surface area (Å²) in [5, 5.41) is 18.5. The lowest BCUT2D eigenvalue weighted by molar-refractivity contribution is -0.286. The van der Waals surface area contributed by atoms with E-state index in [9.17, 15) is 45.7 Å². The molecule has 0 bridgehead atoms. The summed E-state index contributed by atoms with van der Waals surface area (Å²) in [4.78, 5) is 62.7. The Morgan fingerprint density at radius 3 is 1.85 bits per heavy atom. The molecule has 0 spiro atoms. The zero-order valence-corrected chi connectivity index (χ0v) is 49.6. The molecule has 5 aromatic rings. The van der Waals surface area contributed by atoms with E-state index in [1.54, 1.807) is 36.4 Å².